The summed E-state index contributed by atoms with van der Waals surface area (Å²) in [5.74, 6) is 1.87. The summed E-state index contributed by atoms with van der Waals surface area (Å²) in [5, 5.41) is 3.28. The van der Waals surface area contributed by atoms with E-state index in [9.17, 15) is 0 Å². The molecular formula is C15H27N5. The van der Waals surface area contributed by atoms with Gasteiger partial charge in [-0.05, 0) is 40.8 Å². The van der Waals surface area contributed by atoms with Gasteiger partial charge in [-0.2, -0.15) is 0 Å². The maximum absolute atomic E-state index is 4.62. The van der Waals surface area contributed by atoms with E-state index in [1.807, 2.05) is 13.0 Å². The van der Waals surface area contributed by atoms with Gasteiger partial charge in [-0.3, -0.25) is 4.90 Å². The number of likely N-dealkylation sites (N-methyl/N-ethyl adjacent to an activating group) is 1. The first kappa shape index (κ1) is 15.2. The summed E-state index contributed by atoms with van der Waals surface area (Å²) in [7, 11) is 2.20. The molecule has 1 atom stereocenters. The van der Waals surface area contributed by atoms with Crippen molar-refractivity contribution in [3.05, 3.63) is 17.6 Å². The average Bonchev–Trinajstić information content (AvgIpc) is 2.51. The van der Waals surface area contributed by atoms with Gasteiger partial charge in [-0.15, -0.1) is 0 Å². The quantitative estimate of drug-likeness (QED) is 0.908. The van der Waals surface area contributed by atoms with Gasteiger partial charge in [0.25, 0.3) is 0 Å². The largest absolute Gasteiger partial charge is 0.370 e. The molecule has 2 heterocycles. The van der Waals surface area contributed by atoms with Crippen molar-refractivity contribution in [2.75, 3.05) is 38.5 Å². The summed E-state index contributed by atoms with van der Waals surface area (Å²) in [6, 6.07) is 2.56. The average molecular weight is 277 g/mol. The van der Waals surface area contributed by atoms with Crippen LogP contribution in [0.4, 0.5) is 5.82 Å². The molecular weight excluding hydrogens is 250 g/mol. The molecule has 1 fully saturated rings. The monoisotopic (exact) mass is 277 g/mol. The molecule has 2 rings (SSSR count). The van der Waals surface area contributed by atoms with Crippen molar-refractivity contribution in [3.8, 4) is 0 Å². The molecule has 20 heavy (non-hydrogen) atoms. The molecule has 1 unspecified atom stereocenters. The smallest absolute Gasteiger partial charge is 0.144 e. The number of nitrogens with zero attached hydrogens (tertiary/aromatic N) is 4. The Morgan fingerprint density at radius 1 is 1.35 bits per heavy atom. The molecule has 0 saturated carbocycles. The predicted molar refractivity (Wildman–Crippen MR) is 82.9 cm³/mol. The van der Waals surface area contributed by atoms with Crippen LogP contribution >= 0.6 is 0 Å². The van der Waals surface area contributed by atoms with E-state index in [1.165, 1.54) is 13.0 Å². The van der Waals surface area contributed by atoms with Crippen LogP contribution in [-0.2, 0) is 6.54 Å². The fourth-order valence-corrected chi connectivity index (χ4v) is 2.81. The van der Waals surface area contributed by atoms with Gasteiger partial charge in [0.15, 0.2) is 0 Å². The second-order valence-corrected chi connectivity index (χ2v) is 5.78. The summed E-state index contributed by atoms with van der Waals surface area (Å²) in [6.07, 6.45) is 1.22. The molecule has 5 heteroatoms. The number of nitrogens with one attached hydrogen (secondary N) is 1. The van der Waals surface area contributed by atoms with E-state index in [4.69, 9.17) is 0 Å². The number of aromatic nitrogens is 2. The molecule has 1 aromatic rings. The molecule has 0 aliphatic carbocycles. The van der Waals surface area contributed by atoms with E-state index in [1.54, 1.807) is 0 Å². The van der Waals surface area contributed by atoms with Crippen LogP contribution in [0.2, 0.25) is 0 Å². The normalized spacial score (nSPS) is 21.7. The Kier molecular flexibility index (Phi) is 5.31. The standard InChI is InChI=1S/C15H27N5/c1-5-16-14-9-12(2)17-15(18-14)11-20-8-6-7-19(4)10-13(20)3/h9,13H,5-8,10-11H2,1-4H3,(H,16,17,18). The summed E-state index contributed by atoms with van der Waals surface area (Å²) >= 11 is 0. The molecule has 1 saturated heterocycles. The Morgan fingerprint density at radius 2 is 2.15 bits per heavy atom. The van der Waals surface area contributed by atoms with E-state index < -0.39 is 0 Å². The molecule has 0 bridgehead atoms. The van der Waals surface area contributed by atoms with Crippen molar-refractivity contribution in [3.63, 3.8) is 0 Å². The maximum atomic E-state index is 4.62. The van der Waals surface area contributed by atoms with Gasteiger partial charge in [0, 0.05) is 37.4 Å². The zero-order chi connectivity index (χ0) is 14.5. The summed E-state index contributed by atoms with van der Waals surface area (Å²) < 4.78 is 0. The van der Waals surface area contributed by atoms with Gasteiger partial charge in [-0.25, -0.2) is 9.97 Å². The van der Waals surface area contributed by atoms with Crippen LogP contribution in [0.15, 0.2) is 6.07 Å². The first-order chi connectivity index (χ1) is 9.58. The number of hydrogen-bond acceptors (Lipinski definition) is 5. The highest BCUT2D eigenvalue weighted by molar-refractivity contribution is 5.35. The highest BCUT2D eigenvalue weighted by Gasteiger charge is 2.20. The molecule has 1 aliphatic heterocycles. The SMILES string of the molecule is CCNc1cc(C)nc(CN2CCCN(C)CC2C)n1. The van der Waals surface area contributed by atoms with Crippen LogP contribution < -0.4 is 5.32 Å². The van der Waals surface area contributed by atoms with Crippen molar-refractivity contribution in [1.82, 2.24) is 19.8 Å². The van der Waals surface area contributed by atoms with Gasteiger partial charge in [0.2, 0.25) is 0 Å². The Labute approximate surface area is 122 Å². The molecule has 1 N–H and O–H groups in total. The molecule has 0 amide bonds. The topological polar surface area (TPSA) is 44.3 Å². The number of hydrogen-bond donors (Lipinski definition) is 1. The van der Waals surface area contributed by atoms with Gasteiger partial charge < -0.3 is 10.2 Å². The minimum atomic E-state index is 0.550. The van der Waals surface area contributed by atoms with Crippen LogP contribution in [0.1, 0.15) is 31.8 Å². The van der Waals surface area contributed by atoms with Crippen molar-refractivity contribution in [1.29, 1.82) is 0 Å². The van der Waals surface area contributed by atoms with Crippen molar-refractivity contribution in [2.45, 2.75) is 39.8 Å². The van der Waals surface area contributed by atoms with E-state index in [-0.39, 0.29) is 0 Å². The minimum absolute atomic E-state index is 0.550. The molecule has 112 valence electrons. The van der Waals surface area contributed by atoms with Crippen molar-refractivity contribution < 1.29 is 0 Å². The van der Waals surface area contributed by atoms with Crippen LogP contribution in [0, 0.1) is 6.92 Å². The first-order valence-electron chi connectivity index (χ1n) is 7.59. The van der Waals surface area contributed by atoms with Crippen LogP contribution in [0.3, 0.4) is 0 Å². The zero-order valence-corrected chi connectivity index (χ0v) is 13.2. The van der Waals surface area contributed by atoms with Gasteiger partial charge >= 0.3 is 0 Å². The van der Waals surface area contributed by atoms with E-state index in [2.05, 4.69) is 46.0 Å². The van der Waals surface area contributed by atoms with Gasteiger partial charge in [0.1, 0.15) is 11.6 Å². The highest BCUT2D eigenvalue weighted by Crippen LogP contribution is 2.13. The minimum Gasteiger partial charge on any atom is -0.370 e. The Hall–Kier alpha value is -1.20. The van der Waals surface area contributed by atoms with Gasteiger partial charge in [-0.1, -0.05) is 0 Å². The third kappa shape index (κ3) is 4.15. The van der Waals surface area contributed by atoms with E-state index in [0.717, 1.165) is 43.5 Å². The second kappa shape index (κ2) is 6.99. The molecule has 0 radical (unpaired) electrons. The zero-order valence-electron chi connectivity index (χ0n) is 13.2. The Morgan fingerprint density at radius 3 is 2.90 bits per heavy atom. The molecule has 0 aromatic carbocycles. The Bertz CT molecular complexity index is 434. The molecule has 5 nitrogen and oxygen atoms in total. The van der Waals surface area contributed by atoms with E-state index >= 15 is 0 Å². The fraction of sp³-hybridized carbons (Fsp3) is 0.733. The number of aryl methyl sites for hydroxylation is 1. The fourth-order valence-electron chi connectivity index (χ4n) is 2.81. The second-order valence-electron chi connectivity index (χ2n) is 5.78. The van der Waals surface area contributed by atoms with Crippen molar-refractivity contribution in [2.24, 2.45) is 0 Å². The lowest BCUT2D eigenvalue weighted by Crippen LogP contribution is -2.37. The van der Waals surface area contributed by atoms with Crippen LogP contribution in [-0.4, -0.2) is 59.0 Å². The third-order valence-corrected chi connectivity index (χ3v) is 3.79. The first-order valence-corrected chi connectivity index (χ1v) is 7.59. The number of rotatable bonds is 4. The lowest BCUT2D eigenvalue weighted by Gasteiger charge is -2.27. The maximum Gasteiger partial charge on any atom is 0.144 e. The molecule has 1 aromatic heterocycles. The lowest BCUT2D eigenvalue weighted by molar-refractivity contribution is 0.190. The lowest BCUT2D eigenvalue weighted by atomic mass is 10.2. The summed E-state index contributed by atoms with van der Waals surface area (Å²) in [5.41, 5.74) is 1.03. The molecule has 0 spiro atoms. The van der Waals surface area contributed by atoms with Gasteiger partial charge in [0.05, 0.1) is 6.54 Å². The summed E-state index contributed by atoms with van der Waals surface area (Å²) in [4.78, 5) is 14.1. The van der Waals surface area contributed by atoms with Crippen LogP contribution in [0.25, 0.3) is 0 Å². The number of anilines is 1. The predicted octanol–water partition coefficient (Wildman–Crippen LogP) is 1.74. The molecule has 1 aliphatic rings. The third-order valence-electron chi connectivity index (χ3n) is 3.79. The van der Waals surface area contributed by atoms with Crippen LogP contribution in [0.5, 0.6) is 0 Å². The summed E-state index contributed by atoms with van der Waals surface area (Å²) in [6.45, 7) is 11.6. The highest BCUT2D eigenvalue weighted by atomic mass is 15.2. The van der Waals surface area contributed by atoms with Crippen molar-refractivity contribution >= 4 is 5.82 Å². The van der Waals surface area contributed by atoms with E-state index in [0.29, 0.717) is 6.04 Å². The Balaban J connectivity index is 2.08.